The number of benzene rings is 2. The van der Waals surface area contributed by atoms with Crippen molar-refractivity contribution in [1.29, 1.82) is 0 Å². The maximum absolute atomic E-state index is 12.9. The second-order valence-corrected chi connectivity index (χ2v) is 6.58. The highest BCUT2D eigenvalue weighted by Crippen LogP contribution is 2.22. The van der Waals surface area contributed by atoms with Gasteiger partial charge in [-0.1, -0.05) is 55.9 Å². The lowest BCUT2D eigenvalue weighted by molar-refractivity contribution is 0.742. The van der Waals surface area contributed by atoms with E-state index in [0.717, 1.165) is 22.1 Å². The molecule has 1 aromatic heterocycles. The molecule has 0 unspecified atom stereocenters. The summed E-state index contributed by atoms with van der Waals surface area (Å²) in [6, 6.07) is 17.2. The Hall–Kier alpha value is -2.07. The van der Waals surface area contributed by atoms with E-state index in [0.29, 0.717) is 11.3 Å². The van der Waals surface area contributed by atoms with Gasteiger partial charge in [0.25, 0.3) is 5.56 Å². The van der Waals surface area contributed by atoms with Crippen LogP contribution in [0.1, 0.15) is 13.8 Å². The van der Waals surface area contributed by atoms with E-state index in [9.17, 15) is 4.79 Å². The topological polar surface area (TPSA) is 34.9 Å². The van der Waals surface area contributed by atoms with Crippen molar-refractivity contribution in [3.8, 4) is 5.69 Å². The first kappa shape index (κ1) is 14.9. The summed E-state index contributed by atoms with van der Waals surface area (Å²) in [6.45, 7) is 4.33. The molecule has 3 rings (SSSR count). The van der Waals surface area contributed by atoms with Gasteiger partial charge in [0, 0.05) is 5.75 Å². The number of hydrogen-bond acceptors (Lipinski definition) is 3. The Balaban J connectivity index is 2.24. The second kappa shape index (κ2) is 6.36. The van der Waals surface area contributed by atoms with E-state index in [1.165, 1.54) is 0 Å². The average molecular weight is 310 g/mol. The standard InChI is InChI=1S/C18H18N2OS/c1-13(2)12-22-18-19-16-11-7-6-10-15(16)17(21)20(18)14-8-4-3-5-9-14/h3-11,13H,12H2,1-2H3. The van der Waals surface area contributed by atoms with E-state index in [1.54, 1.807) is 16.3 Å². The van der Waals surface area contributed by atoms with Crippen LogP contribution in [0.4, 0.5) is 0 Å². The van der Waals surface area contributed by atoms with Gasteiger partial charge in [-0.3, -0.25) is 9.36 Å². The molecule has 0 saturated carbocycles. The maximum atomic E-state index is 12.9. The molecule has 0 spiro atoms. The summed E-state index contributed by atoms with van der Waals surface area (Å²) in [5.74, 6) is 1.47. The molecule has 3 aromatic rings. The summed E-state index contributed by atoms with van der Waals surface area (Å²) in [7, 11) is 0. The van der Waals surface area contributed by atoms with Gasteiger partial charge in [-0.15, -0.1) is 0 Å². The third kappa shape index (κ3) is 2.92. The van der Waals surface area contributed by atoms with Crippen molar-refractivity contribution in [3.05, 3.63) is 65.0 Å². The Morgan fingerprint density at radius 1 is 1.05 bits per heavy atom. The fraction of sp³-hybridized carbons (Fsp3) is 0.222. The number of fused-ring (bicyclic) bond motifs is 1. The van der Waals surface area contributed by atoms with Crippen molar-refractivity contribution >= 4 is 22.7 Å². The Morgan fingerprint density at radius 2 is 1.73 bits per heavy atom. The largest absolute Gasteiger partial charge is 0.268 e. The van der Waals surface area contributed by atoms with Gasteiger partial charge in [0.2, 0.25) is 0 Å². The van der Waals surface area contributed by atoms with Crippen LogP contribution in [0.2, 0.25) is 0 Å². The highest BCUT2D eigenvalue weighted by molar-refractivity contribution is 7.99. The molecule has 0 aliphatic carbocycles. The summed E-state index contributed by atoms with van der Waals surface area (Å²) < 4.78 is 1.72. The van der Waals surface area contributed by atoms with Crippen LogP contribution in [0.15, 0.2) is 64.5 Å². The molecule has 2 aromatic carbocycles. The van der Waals surface area contributed by atoms with Gasteiger partial charge >= 0.3 is 0 Å². The zero-order valence-corrected chi connectivity index (χ0v) is 13.5. The van der Waals surface area contributed by atoms with Gasteiger partial charge < -0.3 is 0 Å². The normalized spacial score (nSPS) is 11.2. The van der Waals surface area contributed by atoms with Gasteiger partial charge in [0.1, 0.15) is 0 Å². The SMILES string of the molecule is CC(C)CSc1nc2ccccc2c(=O)n1-c1ccccc1. The van der Waals surface area contributed by atoms with E-state index in [2.05, 4.69) is 13.8 Å². The molecule has 22 heavy (non-hydrogen) atoms. The summed E-state index contributed by atoms with van der Waals surface area (Å²) in [4.78, 5) is 17.6. The quantitative estimate of drug-likeness (QED) is 0.537. The minimum absolute atomic E-state index is 0.0111. The predicted molar refractivity (Wildman–Crippen MR) is 92.9 cm³/mol. The Labute approximate surface area is 134 Å². The minimum Gasteiger partial charge on any atom is -0.268 e. The second-order valence-electron chi connectivity index (χ2n) is 5.59. The molecule has 3 nitrogen and oxygen atoms in total. The van der Waals surface area contributed by atoms with Crippen molar-refractivity contribution in [1.82, 2.24) is 9.55 Å². The lowest BCUT2D eigenvalue weighted by Crippen LogP contribution is -2.22. The van der Waals surface area contributed by atoms with Gasteiger partial charge in [-0.05, 0) is 30.2 Å². The molecule has 0 bridgehead atoms. The van der Waals surface area contributed by atoms with Crippen molar-refractivity contribution in [3.63, 3.8) is 0 Å². The first-order chi connectivity index (χ1) is 10.7. The first-order valence-electron chi connectivity index (χ1n) is 7.37. The summed E-state index contributed by atoms with van der Waals surface area (Å²) in [5.41, 5.74) is 1.60. The number of para-hydroxylation sites is 2. The smallest absolute Gasteiger partial charge is 0.266 e. The van der Waals surface area contributed by atoms with Gasteiger partial charge in [0.15, 0.2) is 5.16 Å². The van der Waals surface area contributed by atoms with E-state index < -0.39 is 0 Å². The van der Waals surface area contributed by atoms with Crippen LogP contribution in [0, 0.1) is 5.92 Å². The number of thioether (sulfide) groups is 1. The van der Waals surface area contributed by atoms with E-state index in [-0.39, 0.29) is 5.56 Å². The van der Waals surface area contributed by atoms with Crippen LogP contribution in [0.5, 0.6) is 0 Å². The third-order valence-electron chi connectivity index (χ3n) is 3.31. The van der Waals surface area contributed by atoms with Crippen LogP contribution in [-0.2, 0) is 0 Å². The molecule has 0 radical (unpaired) electrons. The van der Waals surface area contributed by atoms with Crippen LogP contribution in [0.3, 0.4) is 0 Å². The first-order valence-corrected chi connectivity index (χ1v) is 8.35. The monoisotopic (exact) mass is 310 g/mol. The van der Waals surface area contributed by atoms with E-state index in [1.807, 2.05) is 54.6 Å². The minimum atomic E-state index is -0.0111. The average Bonchev–Trinajstić information content (AvgIpc) is 2.54. The van der Waals surface area contributed by atoms with Crippen molar-refractivity contribution in [2.45, 2.75) is 19.0 Å². The Bertz CT molecular complexity index is 841. The number of nitrogens with zero attached hydrogens (tertiary/aromatic N) is 2. The molecule has 112 valence electrons. The molecule has 4 heteroatoms. The van der Waals surface area contributed by atoms with Crippen LogP contribution in [0.25, 0.3) is 16.6 Å². The van der Waals surface area contributed by atoms with Crippen molar-refractivity contribution < 1.29 is 0 Å². The van der Waals surface area contributed by atoms with Crippen molar-refractivity contribution in [2.24, 2.45) is 5.92 Å². The fourth-order valence-electron chi connectivity index (χ4n) is 2.26. The molecule has 0 N–H and O–H groups in total. The summed E-state index contributed by atoms with van der Waals surface area (Å²) in [5, 5.41) is 1.41. The molecule has 0 saturated heterocycles. The molecular formula is C18H18N2OS. The van der Waals surface area contributed by atoms with E-state index in [4.69, 9.17) is 4.98 Å². The molecule has 0 fully saturated rings. The number of aromatic nitrogens is 2. The van der Waals surface area contributed by atoms with Crippen LogP contribution < -0.4 is 5.56 Å². The van der Waals surface area contributed by atoms with Crippen LogP contribution in [-0.4, -0.2) is 15.3 Å². The molecule has 0 amide bonds. The zero-order chi connectivity index (χ0) is 15.5. The lowest BCUT2D eigenvalue weighted by Gasteiger charge is -2.13. The Kier molecular flexibility index (Phi) is 4.29. The molecular weight excluding hydrogens is 292 g/mol. The van der Waals surface area contributed by atoms with Crippen LogP contribution >= 0.6 is 11.8 Å². The maximum Gasteiger partial charge on any atom is 0.266 e. The summed E-state index contributed by atoms with van der Waals surface area (Å²) in [6.07, 6.45) is 0. The van der Waals surface area contributed by atoms with Gasteiger partial charge in [0.05, 0.1) is 16.6 Å². The summed E-state index contributed by atoms with van der Waals surface area (Å²) >= 11 is 1.63. The van der Waals surface area contributed by atoms with Crippen molar-refractivity contribution in [2.75, 3.05) is 5.75 Å². The number of hydrogen-bond donors (Lipinski definition) is 0. The zero-order valence-electron chi connectivity index (χ0n) is 12.7. The predicted octanol–water partition coefficient (Wildman–Crippen LogP) is 4.13. The highest BCUT2D eigenvalue weighted by atomic mass is 32.2. The van der Waals surface area contributed by atoms with E-state index >= 15 is 0 Å². The molecule has 0 aliphatic heterocycles. The molecule has 1 heterocycles. The number of rotatable bonds is 4. The van der Waals surface area contributed by atoms with Gasteiger partial charge in [-0.25, -0.2) is 4.98 Å². The third-order valence-corrected chi connectivity index (χ3v) is 4.67. The lowest BCUT2D eigenvalue weighted by atomic mass is 10.2. The Morgan fingerprint density at radius 3 is 2.45 bits per heavy atom. The molecule has 0 aliphatic rings. The van der Waals surface area contributed by atoms with Gasteiger partial charge in [-0.2, -0.15) is 0 Å². The molecule has 0 atom stereocenters. The highest BCUT2D eigenvalue weighted by Gasteiger charge is 2.13. The fourth-order valence-corrected chi connectivity index (χ4v) is 3.22.